The third kappa shape index (κ3) is 1.39. The second kappa shape index (κ2) is 3.12. The number of hydrogen-bond acceptors (Lipinski definition) is 4. The van der Waals surface area contributed by atoms with Crippen LogP contribution in [0.15, 0.2) is 30.7 Å². The number of pyridine rings is 2. The molecule has 0 aliphatic rings. The summed E-state index contributed by atoms with van der Waals surface area (Å²) in [5.74, 6) is 0. The number of nitrogens with zero attached hydrogens (tertiary/aromatic N) is 2. The zero-order valence-corrected chi connectivity index (χ0v) is 6.75. The largest absolute Gasteiger partial charge is 0.490 e. The van der Waals surface area contributed by atoms with Crippen LogP contribution in [0.2, 0.25) is 0 Å². The van der Waals surface area contributed by atoms with Gasteiger partial charge >= 0.3 is 7.12 Å². The van der Waals surface area contributed by atoms with Gasteiger partial charge in [0.2, 0.25) is 0 Å². The van der Waals surface area contributed by atoms with E-state index in [-0.39, 0.29) is 0 Å². The molecule has 0 bridgehead atoms. The van der Waals surface area contributed by atoms with E-state index in [2.05, 4.69) is 9.97 Å². The van der Waals surface area contributed by atoms with E-state index in [0.29, 0.717) is 16.4 Å². The zero-order valence-electron chi connectivity index (χ0n) is 6.75. The maximum Gasteiger partial charge on any atom is 0.490 e. The Morgan fingerprint density at radius 3 is 2.85 bits per heavy atom. The van der Waals surface area contributed by atoms with E-state index in [0.717, 1.165) is 0 Å². The predicted octanol–water partition coefficient (Wildman–Crippen LogP) is -0.690. The quantitative estimate of drug-likeness (QED) is 0.561. The Hall–Kier alpha value is -1.46. The lowest BCUT2D eigenvalue weighted by Gasteiger charge is -2.02. The summed E-state index contributed by atoms with van der Waals surface area (Å²) >= 11 is 0. The van der Waals surface area contributed by atoms with Gasteiger partial charge in [0, 0.05) is 23.2 Å². The molecule has 2 N–H and O–H groups in total. The van der Waals surface area contributed by atoms with Crippen molar-refractivity contribution in [2.75, 3.05) is 0 Å². The lowest BCUT2D eigenvalue weighted by atomic mass is 9.79. The lowest BCUT2D eigenvalue weighted by molar-refractivity contribution is 0.426. The molecule has 0 aliphatic carbocycles. The van der Waals surface area contributed by atoms with E-state index in [1.54, 1.807) is 24.5 Å². The van der Waals surface area contributed by atoms with Crippen LogP contribution < -0.4 is 5.46 Å². The van der Waals surface area contributed by atoms with Crippen LogP contribution in [0.25, 0.3) is 10.9 Å². The minimum atomic E-state index is -1.50. The summed E-state index contributed by atoms with van der Waals surface area (Å²) < 4.78 is 0. The van der Waals surface area contributed by atoms with Crippen molar-refractivity contribution in [3.05, 3.63) is 30.7 Å². The molecule has 0 saturated heterocycles. The molecular formula is C8H7BN2O2. The Kier molecular flexibility index (Phi) is 1.96. The van der Waals surface area contributed by atoms with Gasteiger partial charge in [-0.1, -0.05) is 6.07 Å². The van der Waals surface area contributed by atoms with Crippen molar-refractivity contribution in [1.82, 2.24) is 9.97 Å². The van der Waals surface area contributed by atoms with Crippen molar-refractivity contribution in [1.29, 1.82) is 0 Å². The van der Waals surface area contributed by atoms with Crippen molar-refractivity contribution in [2.45, 2.75) is 0 Å². The van der Waals surface area contributed by atoms with Gasteiger partial charge in [-0.2, -0.15) is 0 Å². The Morgan fingerprint density at radius 2 is 2.08 bits per heavy atom. The summed E-state index contributed by atoms with van der Waals surface area (Å²) in [6, 6.07) is 3.52. The molecule has 0 amide bonds. The highest BCUT2D eigenvalue weighted by atomic mass is 16.4. The molecule has 0 saturated carbocycles. The van der Waals surface area contributed by atoms with E-state index in [9.17, 15) is 0 Å². The third-order valence-electron chi connectivity index (χ3n) is 1.84. The molecule has 0 fully saturated rings. The Bertz CT molecular complexity index is 428. The Labute approximate surface area is 75.0 Å². The van der Waals surface area contributed by atoms with Crippen LogP contribution in [0.5, 0.6) is 0 Å². The first-order chi connectivity index (χ1) is 6.29. The minimum Gasteiger partial charge on any atom is -0.423 e. The normalized spacial score (nSPS) is 10.3. The SMILES string of the molecule is OB(O)c1cncc2ncccc12. The van der Waals surface area contributed by atoms with Crippen molar-refractivity contribution in [3.63, 3.8) is 0 Å². The number of fused-ring (bicyclic) bond motifs is 1. The topological polar surface area (TPSA) is 66.2 Å². The maximum atomic E-state index is 9.01. The summed E-state index contributed by atoms with van der Waals surface area (Å²) in [5, 5.41) is 18.7. The number of hydrogen-bond donors (Lipinski definition) is 2. The summed E-state index contributed by atoms with van der Waals surface area (Å²) in [5.41, 5.74) is 1.04. The maximum absolute atomic E-state index is 9.01. The third-order valence-corrected chi connectivity index (χ3v) is 1.84. The van der Waals surface area contributed by atoms with Crippen LogP contribution in [0.3, 0.4) is 0 Å². The van der Waals surface area contributed by atoms with E-state index in [4.69, 9.17) is 10.0 Å². The number of rotatable bonds is 1. The Morgan fingerprint density at radius 1 is 1.23 bits per heavy atom. The van der Waals surface area contributed by atoms with Crippen molar-refractivity contribution in [2.24, 2.45) is 0 Å². The highest BCUT2D eigenvalue weighted by Crippen LogP contribution is 2.05. The van der Waals surface area contributed by atoms with Gasteiger partial charge in [-0.3, -0.25) is 9.97 Å². The molecule has 2 heterocycles. The molecule has 0 spiro atoms. The highest BCUT2D eigenvalue weighted by Gasteiger charge is 2.14. The van der Waals surface area contributed by atoms with Gasteiger partial charge in [0.15, 0.2) is 0 Å². The van der Waals surface area contributed by atoms with Crippen LogP contribution >= 0.6 is 0 Å². The van der Waals surface area contributed by atoms with E-state index in [1.807, 2.05) is 0 Å². The van der Waals surface area contributed by atoms with Gasteiger partial charge in [0.25, 0.3) is 0 Å². The standard InChI is InChI=1S/C8H7BN2O2/c12-9(13)7-4-10-5-8-6(7)2-1-3-11-8/h1-5,12-13H. The summed E-state index contributed by atoms with van der Waals surface area (Å²) in [6.07, 6.45) is 4.65. The van der Waals surface area contributed by atoms with Crippen LogP contribution in [-0.4, -0.2) is 27.1 Å². The molecule has 2 rings (SSSR count). The molecule has 0 atom stereocenters. The molecule has 0 aliphatic heterocycles. The fraction of sp³-hybridized carbons (Fsp3) is 0. The first-order valence-corrected chi connectivity index (χ1v) is 3.84. The smallest absolute Gasteiger partial charge is 0.423 e. The Balaban J connectivity index is 2.76. The van der Waals surface area contributed by atoms with Crippen molar-refractivity contribution >= 4 is 23.5 Å². The molecule has 13 heavy (non-hydrogen) atoms. The summed E-state index contributed by atoms with van der Waals surface area (Å²) in [7, 11) is -1.50. The molecule has 2 aromatic rings. The first-order valence-electron chi connectivity index (χ1n) is 3.84. The van der Waals surface area contributed by atoms with Gasteiger partial charge in [-0.25, -0.2) is 0 Å². The monoisotopic (exact) mass is 174 g/mol. The van der Waals surface area contributed by atoms with Crippen molar-refractivity contribution in [3.8, 4) is 0 Å². The fourth-order valence-corrected chi connectivity index (χ4v) is 1.23. The van der Waals surface area contributed by atoms with Crippen LogP contribution in [0.1, 0.15) is 0 Å². The lowest BCUT2D eigenvalue weighted by Crippen LogP contribution is -2.30. The highest BCUT2D eigenvalue weighted by molar-refractivity contribution is 6.61. The van der Waals surface area contributed by atoms with Crippen LogP contribution in [0.4, 0.5) is 0 Å². The van der Waals surface area contributed by atoms with E-state index in [1.165, 1.54) is 6.20 Å². The number of aromatic nitrogens is 2. The van der Waals surface area contributed by atoms with Crippen LogP contribution in [0, 0.1) is 0 Å². The van der Waals surface area contributed by atoms with Gasteiger partial charge in [-0.05, 0) is 6.07 Å². The first kappa shape index (κ1) is 8.16. The molecule has 0 unspecified atom stereocenters. The van der Waals surface area contributed by atoms with E-state index >= 15 is 0 Å². The molecule has 2 aromatic heterocycles. The van der Waals surface area contributed by atoms with Crippen molar-refractivity contribution < 1.29 is 10.0 Å². The molecule has 0 radical (unpaired) electrons. The van der Waals surface area contributed by atoms with Gasteiger partial charge < -0.3 is 10.0 Å². The second-order valence-electron chi connectivity index (χ2n) is 2.67. The predicted molar refractivity (Wildman–Crippen MR) is 49.4 cm³/mol. The van der Waals surface area contributed by atoms with Gasteiger partial charge in [0.05, 0.1) is 11.7 Å². The molecule has 0 aromatic carbocycles. The van der Waals surface area contributed by atoms with Crippen LogP contribution in [-0.2, 0) is 0 Å². The molecule has 64 valence electrons. The second-order valence-corrected chi connectivity index (χ2v) is 2.67. The fourth-order valence-electron chi connectivity index (χ4n) is 1.23. The van der Waals surface area contributed by atoms with Gasteiger partial charge in [-0.15, -0.1) is 0 Å². The zero-order chi connectivity index (χ0) is 9.26. The molecule has 5 heteroatoms. The van der Waals surface area contributed by atoms with Gasteiger partial charge in [0.1, 0.15) is 0 Å². The summed E-state index contributed by atoms with van der Waals surface area (Å²) in [4.78, 5) is 7.89. The van der Waals surface area contributed by atoms with E-state index < -0.39 is 7.12 Å². The average molecular weight is 174 g/mol. The summed E-state index contributed by atoms with van der Waals surface area (Å²) in [6.45, 7) is 0. The molecule has 4 nitrogen and oxygen atoms in total. The minimum absolute atomic E-state index is 0.380. The average Bonchev–Trinajstić information content (AvgIpc) is 2.17. The molecular weight excluding hydrogens is 167 g/mol.